The second-order valence-corrected chi connectivity index (χ2v) is 3.41. The molecule has 0 aliphatic rings. The van der Waals surface area contributed by atoms with Crippen molar-refractivity contribution in [2.45, 2.75) is 11.5 Å². The molecule has 0 unspecified atom stereocenters. The van der Waals surface area contributed by atoms with Crippen molar-refractivity contribution in [2.75, 3.05) is 0 Å². The third-order valence-corrected chi connectivity index (χ3v) is 2.29. The Morgan fingerprint density at radius 2 is 1.92 bits per heavy atom. The van der Waals surface area contributed by atoms with Crippen molar-refractivity contribution < 1.29 is 13.5 Å². The fourth-order valence-corrected chi connectivity index (χ4v) is 1.42. The maximum absolute atomic E-state index is 11.8. The van der Waals surface area contributed by atoms with E-state index in [1.54, 1.807) is 0 Å². The Balaban J connectivity index is 3.05. The Bertz CT molecular complexity index is 320. The van der Waals surface area contributed by atoms with E-state index in [2.05, 4.69) is 17.4 Å². The lowest BCUT2D eigenvalue weighted by atomic mass is 10.3. The van der Waals surface area contributed by atoms with E-state index in [-0.39, 0.29) is 15.8 Å². The van der Waals surface area contributed by atoms with Crippen LogP contribution in [-0.4, -0.2) is 6.61 Å². The molecule has 0 saturated heterocycles. The SMILES string of the molecule is FC(F)Oc1cc(Cl)cc(S)c1Cl. The summed E-state index contributed by atoms with van der Waals surface area (Å²) in [5.74, 6) is -0.172. The molecular formula is C7H4Cl2F2OS. The Kier molecular flexibility index (Phi) is 3.64. The first-order chi connectivity index (χ1) is 6.00. The predicted octanol–water partition coefficient (Wildman–Crippen LogP) is 3.88. The van der Waals surface area contributed by atoms with Crippen molar-refractivity contribution in [1.82, 2.24) is 0 Å². The fraction of sp³-hybridized carbons (Fsp3) is 0.143. The van der Waals surface area contributed by atoms with Crippen LogP contribution in [0, 0.1) is 0 Å². The molecule has 0 fully saturated rings. The highest BCUT2D eigenvalue weighted by Gasteiger charge is 2.11. The van der Waals surface area contributed by atoms with Gasteiger partial charge in [-0.2, -0.15) is 8.78 Å². The van der Waals surface area contributed by atoms with Gasteiger partial charge in [-0.25, -0.2) is 0 Å². The summed E-state index contributed by atoms with van der Waals surface area (Å²) in [5, 5.41) is 0.262. The van der Waals surface area contributed by atoms with Crippen LogP contribution >= 0.6 is 35.8 Å². The maximum atomic E-state index is 11.8. The third kappa shape index (κ3) is 2.90. The summed E-state index contributed by atoms with van der Waals surface area (Å²) in [5.41, 5.74) is 0. The Labute approximate surface area is 89.0 Å². The van der Waals surface area contributed by atoms with Gasteiger partial charge >= 0.3 is 6.61 Å². The number of hydrogen-bond donors (Lipinski definition) is 1. The standard InChI is InChI=1S/C7H4Cl2F2OS/c8-3-1-4(12-7(10)11)6(9)5(13)2-3/h1-2,7,13H. The number of halogens is 4. The minimum atomic E-state index is -2.93. The van der Waals surface area contributed by atoms with E-state index in [0.717, 1.165) is 0 Å². The maximum Gasteiger partial charge on any atom is 0.387 e. The molecule has 1 aromatic carbocycles. The quantitative estimate of drug-likeness (QED) is 0.778. The summed E-state index contributed by atoms with van der Waals surface area (Å²) in [4.78, 5) is 0.296. The first-order valence-electron chi connectivity index (χ1n) is 3.13. The zero-order valence-electron chi connectivity index (χ0n) is 6.10. The largest absolute Gasteiger partial charge is 0.433 e. The van der Waals surface area contributed by atoms with Gasteiger partial charge in [0.1, 0.15) is 5.75 Å². The lowest BCUT2D eigenvalue weighted by Crippen LogP contribution is -2.02. The second kappa shape index (κ2) is 4.35. The lowest BCUT2D eigenvalue weighted by molar-refractivity contribution is -0.0499. The van der Waals surface area contributed by atoms with Crippen molar-refractivity contribution in [1.29, 1.82) is 0 Å². The molecule has 13 heavy (non-hydrogen) atoms. The molecule has 0 saturated carbocycles. The molecule has 0 spiro atoms. The highest BCUT2D eigenvalue weighted by atomic mass is 35.5. The van der Waals surface area contributed by atoms with Crippen LogP contribution < -0.4 is 4.74 Å². The van der Waals surface area contributed by atoms with Crippen LogP contribution in [0.5, 0.6) is 5.75 Å². The molecular weight excluding hydrogens is 241 g/mol. The highest BCUT2D eigenvalue weighted by Crippen LogP contribution is 2.34. The monoisotopic (exact) mass is 244 g/mol. The summed E-state index contributed by atoms with van der Waals surface area (Å²) in [7, 11) is 0. The van der Waals surface area contributed by atoms with Gasteiger partial charge in [0.05, 0.1) is 5.02 Å². The van der Waals surface area contributed by atoms with Crippen LogP contribution in [0.4, 0.5) is 8.78 Å². The van der Waals surface area contributed by atoms with E-state index in [0.29, 0.717) is 4.90 Å². The first kappa shape index (κ1) is 10.9. The topological polar surface area (TPSA) is 9.23 Å². The molecule has 0 aliphatic carbocycles. The minimum Gasteiger partial charge on any atom is -0.433 e. The normalized spacial score (nSPS) is 10.6. The predicted molar refractivity (Wildman–Crippen MR) is 50.3 cm³/mol. The molecule has 0 heterocycles. The van der Waals surface area contributed by atoms with E-state index >= 15 is 0 Å². The van der Waals surface area contributed by atoms with E-state index in [1.807, 2.05) is 0 Å². The summed E-state index contributed by atoms with van der Waals surface area (Å²) < 4.78 is 27.7. The molecule has 0 bridgehead atoms. The fourth-order valence-electron chi connectivity index (χ4n) is 0.732. The molecule has 6 heteroatoms. The number of thiol groups is 1. The Hall–Kier alpha value is -0.190. The van der Waals surface area contributed by atoms with Crippen molar-refractivity contribution in [3.05, 3.63) is 22.2 Å². The Morgan fingerprint density at radius 1 is 1.31 bits per heavy atom. The van der Waals surface area contributed by atoms with Crippen LogP contribution in [0.2, 0.25) is 10.0 Å². The van der Waals surface area contributed by atoms with Crippen molar-refractivity contribution in [3.63, 3.8) is 0 Å². The molecule has 1 rings (SSSR count). The average Bonchev–Trinajstić information content (AvgIpc) is 1.98. The molecule has 1 nitrogen and oxygen atoms in total. The average molecular weight is 245 g/mol. The van der Waals surface area contributed by atoms with Gasteiger partial charge in [0.25, 0.3) is 0 Å². The van der Waals surface area contributed by atoms with Gasteiger partial charge < -0.3 is 4.74 Å². The summed E-state index contributed by atoms with van der Waals surface area (Å²) >= 11 is 15.1. The number of alkyl halides is 2. The minimum absolute atomic E-state index is 0.0213. The van der Waals surface area contributed by atoms with E-state index < -0.39 is 6.61 Å². The zero-order chi connectivity index (χ0) is 10.0. The van der Waals surface area contributed by atoms with Gasteiger partial charge in [-0.15, -0.1) is 12.6 Å². The molecule has 0 N–H and O–H groups in total. The van der Waals surface area contributed by atoms with Gasteiger partial charge in [0.2, 0.25) is 0 Å². The van der Waals surface area contributed by atoms with Crippen molar-refractivity contribution >= 4 is 35.8 Å². The number of hydrogen-bond acceptors (Lipinski definition) is 2. The molecule has 1 aromatic rings. The van der Waals surface area contributed by atoms with Gasteiger partial charge in [-0.1, -0.05) is 23.2 Å². The van der Waals surface area contributed by atoms with Gasteiger partial charge in [0, 0.05) is 16.0 Å². The summed E-state index contributed by atoms with van der Waals surface area (Å²) in [6, 6.07) is 2.64. The van der Waals surface area contributed by atoms with Crippen molar-refractivity contribution in [2.24, 2.45) is 0 Å². The molecule has 0 aliphatic heterocycles. The highest BCUT2D eigenvalue weighted by molar-refractivity contribution is 7.80. The molecule has 72 valence electrons. The van der Waals surface area contributed by atoms with Gasteiger partial charge in [0.15, 0.2) is 0 Å². The third-order valence-electron chi connectivity index (χ3n) is 1.20. The van der Waals surface area contributed by atoms with Crippen LogP contribution in [0.1, 0.15) is 0 Å². The second-order valence-electron chi connectivity index (χ2n) is 2.12. The molecule has 0 atom stereocenters. The Morgan fingerprint density at radius 3 is 2.46 bits per heavy atom. The molecule has 0 aromatic heterocycles. The zero-order valence-corrected chi connectivity index (χ0v) is 8.51. The molecule has 0 amide bonds. The van der Waals surface area contributed by atoms with E-state index in [1.165, 1.54) is 12.1 Å². The number of rotatable bonds is 2. The summed E-state index contributed by atoms with van der Waals surface area (Å²) in [6.45, 7) is -2.93. The van der Waals surface area contributed by atoms with Gasteiger partial charge in [-0.3, -0.25) is 0 Å². The molecule has 0 radical (unpaired) electrons. The van der Waals surface area contributed by atoms with Crippen LogP contribution in [0.3, 0.4) is 0 Å². The summed E-state index contributed by atoms with van der Waals surface area (Å²) in [6.07, 6.45) is 0. The van der Waals surface area contributed by atoms with Gasteiger partial charge in [-0.05, 0) is 6.07 Å². The van der Waals surface area contributed by atoms with E-state index in [9.17, 15) is 8.78 Å². The van der Waals surface area contributed by atoms with Crippen molar-refractivity contribution in [3.8, 4) is 5.75 Å². The number of benzene rings is 1. The first-order valence-corrected chi connectivity index (χ1v) is 4.34. The van der Waals surface area contributed by atoms with Crippen LogP contribution in [-0.2, 0) is 0 Å². The van der Waals surface area contributed by atoms with Crippen LogP contribution in [0.25, 0.3) is 0 Å². The van der Waals surface area contributed by atoms with Crippen LogP contribution in [0.15, 0.2) is 17.0 Å². The number of ether oxygens (including phenoxy) is 1. The smallest absolute Gasteiger partial charge is 0.387 e. The van der Waals surface area contributed by atoms with E-state index in [4.69, 9.17) is 23.2 Å². The lowest BCUT2D eigenvalue weighted by Gasteiger charge is -2.08.